The van der Waals surface area contributed by atoms with Gasteiger partial charge in [0.1, 0.15) is 11.9 Å². The summed E-state index contributed by atoms with van der Waals surface area (Å²) in [4.78, 5) is 10.8. The molecule has 0 fully saturated rings. The fraction of sp³-hybridized carbons (Fsp3) is 0.267. The summed E-state index contributed by atoms with van der Waals surface area (Å²) in [6.07, 6.45) is 0.226. The number of carbonyl (C=O) groups is 1. The van der Waals surface area contributed by atoms with E-state index in [1.165, 1.54) is 6.07 Å². The molecule has 0 bridgehead atoms. The molecule has 1 atom stereocenters. The van der Waals surface area contributed by atoms with E-state index in [2.05, 4.69) is 0 Å². The van der Waals surface area contributed by atoms with Gasteiger partial charge in [-0.2, -0.15) is 0 Å². The van der Waals surface area contributed by atoms with Gasteiger partial charge in [0.25, 0.3) is 0 Å². The van der Waals surface area contributed by atoms with Crippen LogP contribution in [0.2, 0.25) is 0 Å². The largest absolute Gasteiger partial charge is 0.480 e. The van der Waals surface area contributed by atoms with E-state index in [4.69, 9.17) is 10.8 Å². The van der Waals surface area contributed by atoms with Gasteiger partial charge >= 0.3 is 5.97 Å². The Kier molecular flexibility index (Phi) is 3.90. The minimum Gasteiger partial charge on any atom is -0.480 e. The van der Waals surface area contributed by atoms with Gasteiger partial charge in [-0.15, -0.1) is 0 Å². The predicted octanol–water partition coefficient (Wildman–Crippen LogP) is 2.19. The first-order valence-electron chi connectivity index (χ1n) is 6.33. The van der Waals surface area contributed by atoms with Crippen LogP contribution in [0, 0.1) is 19.7 Å². The van der Waals surface area contributed by atoms with Gasteiger partial charge in [0, 0.05) is 17.8 Å². The third-order valence-electron chi connectivity index (χ3n) is 3.39. The Morgan fingerprint density at radius 3 is 2.65 bits per heavy atom. The maximum absolute atomic E-state index is 13.9. The summed E-state index contributed by atoms with van der Waals surface area (Å²) in [7, 11) is 0. The zero-order valence-electron chi connectivity index (χ0n) is 11.4. The van der Waals surface area contributed by atoms with E-state index in [0.717, 1.165) is 17.0 Å². The van der Waals surface area contributed by atoms with Crippen molar-refractivity contribution in [3.8, 4) is 5.69 Å². The van der Waals surface area contributed by atoms with Crippen molar-refractivity contribution in [3.63, 3.8) is 0 Å². The Hall–Kier alpha value is -2.14. The highest BCUT2D eigenvalue weighted by Crippen LogP contribution is 2.23. The van der Waals surface area contributed by atoms with Crippen molar-refractivity contribution < 1.29 is 14.3 Å². The Morgan fingerprint density at radius 2 is 2.05 bits per heavy atom. The molecule has 4 nitrogen and oxygen atoms in total. The number of aliphatic carboxylic acids is 1. The van der Waals surface area contributed by atoms with Crippen LogP contribution in [0.1, 0.15) is 17.0 Å². The average Bonchev–Trinajstić information content (AvgIpc) is 2.65. The number of para-hydroxylation sites is 1. The Labute approximate surface area is 116 Å². The SMILES string of the molecule is Cc1cc(CC(N)C(=O)O)c(C)n1-c1ccccc1F. The summed E-state index contributed by atoms with van der Waals surface area (Å²) in [5.41, 5.74) is 8.50. The van der Waals surface area contributed by atoms with Crippen LogP contribution < -0.4 is 5.73 Å². The van der Waals surface area contributed by atoms with E-state index in [1.807, 2.05) is 19.9 Å². The van der Waals surface area contributed by atoms with Gasteiger partial charge in [-0.3, -0.25) is 4.79 Å². The molecule has 1 aromatic heterocycles. The summed E-state index contributed by atoms with van der Waals surface area (Å²) in [5.74, 6) is -1.36. The second kappa shape index (κ2) is 5.46. The molecule has 3 N–H and O–H groups in total. The fourth-order valence-electron chi connectivity index (χ4n) is 2.36. The van der Waals surface area contributed by atoms with Crippen LogP contribution in [0.25, 0.3) is 5.69 Å². The number of halogens is 1. The number of aromatic nitrogens is 1. The lowest BCUT2D eigenvalue weighted by Gasteiger charge is -2.11. The molecule has 2 aromatic rings. The van der Waals surface area contributed by atoms with Crippen LogP contribution in [-0.4, -0.2) is 21.7 Å². The molecule has 20 heavy (non-hydrogen) atoms. The quantitative estimate of drug-likeness (QED) is 0.899. The standard InChI is InChI=1S/C15H17FN2O2/c1-9-7-11(8-13(17)15(19)20)10(2)18(9)14-6-4-3-5-12(14)16/h3-7,13H,8,17H2,1-2H3,(H,19,20). The fourth-order valence-corrected chi connectivity index (χ4v) is 2.36. The number of carboxylic acid groups (broad SMARTS) is 1. The number of nitrogens with zero attached hydrogens (tertiary/aromatic N) is 1. The molecule has 1 aromatic carbocycles. The first-order chi connectivity index (χ1) is 9.41. The van der Waals surface area contributed by atoms with Crippen molar-refractivity contribution in [2.75, 3.05) is 0 Å². The number of hydrogen-bond acceptors (Lipinski definition) is 2. The highest BCUT2D eigenvalue weighted by Gasteiger charge is 2.18. The van der Waals surface area contributed by atoms with Crippen LogP contribution in [0.4, 0.5) is 4.39 Å². The third-order valence-corrected chi connectivity index (χ3v) is 3.39. The lowest BCUT2D eigenvalue weighted by Crippen LogP contribution is -2.32. The normalized spacial score (nSPS) is 12.4. The van der Waals surface area contributed by atoms with Gasteiger partial charge in [-0.25, -0.2) is 4.39 Å². The van der Waals surface area contributed by atoms with Crippen molar-refractivity contribution in [1.29, 1.82) is 0 Å². The number of aryl methyl sites for hydroxylation is 1. The van der Waals surface area contributed by atoms with Crippen molar-refractivity contribution in [2.45, 2.75) is 26.3 Å². The number of hydrogen-bond donors (Lipinski definition) is 2. The molecule has 0 saturated carbocycles. The number of carboxylic acids is 1. The van der Waals surface area contributed by atoms with Crippen molar-refractivity contribution >= 4 is 5.97 Å². The maximum Gasteiger partial charge on any atom is 0.320 e. The van der Waals surface area contributed by atoms with Gasteiger partial charge in [0.05, 0.1) is 5.69 Å². The van der Waals surface area contributed by atoms with Gasteiger partial charge in [0.15, 0.2) is 0 Å². The first-order valence-corrected chi connectivity index (χ1v) is 6.33. The van der Waals surface area contributed by atoms with Gasteiger partial charge in [0.2, 0.25) is 0 Å². The minimum atomic E-state index is -1.04. The summed E-state index contributed by atoms with van der Waals surface area (Å²) in [6.45, 7) is 3.69. The Morgan fingerprint density at radius 1 is 1.40 bits per heavy atom. The molecule has 0 radical (unpaired) electrons. The molecule has 1 heterocycles. The van der Waals surface area contributed by atoms with Crippen molar-refractivity contribution in [1.82, 2.24) is 4.57 Å². The number of benzene rings is 1. The van der Waals surface area contributed by atoms with E-state index in [-0.39, 0.29) is 12.2 Å². The van der Waals surface area contributed by atoms with Crippen molar-refractivity contribution in [2.24, 2.45) is 5.73 Å². The van der Waals surface area contributed by atoms with Crippen LogP contribution in [-0.2, 0) is 11.2 Å². The van der Waals surface area contributed by atoms with Gasteiger partial charge < -0.3 is 15.4 Å². The van der Waals surface area contributed by atoms with E-state index >= 15 is 0 Å². The molecule has 0 aliphatic carbocycles. The third kappa shape index (κ3) is 2.58. The Balaban J connectivity index is 2.45. The van der Waals surface area contributed by atoms with Crippen molar-refractivity contribution in [3.05, 3.63) is 53.1 Å². The molecule has 0 spiro atoms. The predicted molar refractivity (Wildman–Crippen MR) is 74.5 cm³/mol. The Bertz CT molecular complexity index is 649. The summed E-state index contributed by atoms with van der Waals surface area (Å²) < 4.78 is 15.7. The number of rotatable bonds is 4. The van der Waals surface area contributed by atoms with E-state index in [0.29, 0.717) is 5.69 Å². The zero-order chi connectivity index (χ0) is 14.9. The second-order valence-corrected chi connectivity index (χ2v) is 4.83. The highest BCUT2D eigenvalue weighted by molar-refractivity contribution is 5.73. The zero-order valence-corrected chi connectivity index (χ0v) is 11.4. The minimum absolute atomic E-state index is 0.226. The van der Waals surface area contributed by atoms with Crippen LogP contribution >= 0.6 is 0 Å². The first kappa shape index (κ1) is 14.3. The molecule has 2 rings (SSSR count). The highest BCUT2D eigenvalue weighted by atomic mass is 19.1. The monoisotopic (exact) mass is 276 g/mol. The lowest BCUT2D eigenvalue weighted by molar-refractivity contribution is -0.138. The molecule has 1 unspecified atom stereocenters. The molecule has 106 valence electrons. The van der Waals surface area contributed by atoms with Crippen LogP contribution in [0.3, 0.4) is 0 Å². The summed E-state index contributed by atoms with van der Waals surface area (Å²) >= 11 is 0. The van der Waals surface area contributed by atoms with Crippen LogP contribution in [0.15, 0.2) is 30.3 Å². The smallest absolute Gasteiger partial charge is 0.320 e. The molecular formula is C15H17FN2O2. The molecule has 0 saturated heterocycles. The maximum atomic E-state index is 13.9. The second-order valence-electron chi connectivity index (χ2n) is 4.83. The van der Waals surface area contributed by atoms with Gasteiger partial charge in [-0.1, -0.05) is 12.1 Å². The lowest BCUT2D eigenvalue weighted by atomic mass is 10.1. The van der Waals surface area contributed by atoms with Crippen LogP contribution in [0.5, 0.6) is 0 Å². The summed E-state index contributed by atoms with van der Waals surface area (Å²) in [5, 5.41) is 8.88. The topological polar surface area (TPSA) is 68.2 Å². The van der Waals surface area contributed by atoms with E-state index in [9.17, 15) is 9.18 Å². The molecule has 0 aliphatic rings. The summed E-state index contributed by atoms with van der Waals surface area (Å²) in [6, 6.07) is 7.39. The molecule has 0 amide bonds. The van der Waals surface area contributed by atoms with E-state index in [1.54, 1.807) is 22.8 Å². The number of nitrogens with two attached hydrogens (primary N) is 1. The molecule has 0 aliphatic heterocycles. The van der Waals surface area contributed by atoms with E-state index < -0.39 is 12.0 Å². The molecule has 5 heteroatoms. The molecular weight excluding hydrogens is 259 g/mol. The average molecular weight is 276 g/mol. The van der Waals surface area contributed by atoms with Gasteiger partial charge in [-0.05, 0) is 37.6 Å².